The molecule has 5 aromatic rings. The van der Waals surface area contributed by atoms with Crippen LogP contribution < -0.4 is 19.9 Å². The quantitative estimate of drug-likeness (QED) is 0.278. The van der Waals surface area contributed by atoms with Crippen molar-refractivity contribution < 1.29 is 17.9 Å². The van der Waals surface area contributed by atoms with Crippen LogP contribution in [0.3, 0.4) is 0 Å². The number of halogens is 3. The van der Waals surface area contributed by atoms with Gasteiger partial charge in [-0.15, -0.1) is 0 Å². The van der Waals surface area contributed by atoms with Gasteiger partial charge in [0, 0.05) is 49.6 Å². The fourth-order valence-corrected chi connectivity index (χ4v) is 4.61. The molecule has 2 aromatic carbocycles. The van der Waals surface area contributed by atoms with Crippen LogP contribution in [0, 0.1) is 11.3 Å². The molecule has 0 aliphatic carbocycles. The van der Waals surface area contributed by atoms with Crippen molar-refractivity contribution in [1.29, 1.82) is 5.26 Å². The lowest BCUT2D eigenvalue weighted by molar-refractivity contribution is -0.137. The van der Waals surface area contributed by atoms with Crippen molar-refractivity contribution in [3.8, 4) is 17.8 Å². The summed E-state index contributed by atoms with van der Waals surface area (Å²) in [5, 5.41) is 12.8. The van der Waals surface area contributed by atoms with Gasteiger partial charge in [0.25, 0.3) is 0 Å². The zero-order valence-corrected chi connectivity index (χ0v) is 22.0. The van der Waals surface area contributed by atoms with Crippen molar-refractivity contribution >= 4 is 34.3 Å². The maximum atomic E-state index is 13.6. The Balaban J connectivity index is 1.33. The highest BCUT2D eigenvalue weighted by Crippen LogP contribution is 2.34. The Morgan fingerprint density at radius 1 is 0.833 bits per heavy atom. The van der Waals surface area contributed by atoms with Crippen molar-refractivity contribution in [1.82, 2.24) is 24.9 Å². The molecule has 42 heavy (non-hydrogen) atoms. The third-order valence-corrected chi connectivity index (χ3v) is 6.64. The van der Waals surface area contributed by atoms with Crippen molar-refractivity contribution in [2.75, 3.05) is 41.3 Å². The van der Waals surface area contributed by atoms with Gasteiger partial charge in [-0.1, -0.05) is 24.3 Å². The molecule has 0 saturated carbocycles. The first kappa shape index (κ1) is 26.7. The summed E-state index contributed by atoms with van der Waals surface area (Å²) < 4.78 is 46.8. The summed E-state index contributed by atoms with van der Waals surface area (Å²) >= 11 is 0. The van der Waals surface area contributed by atoms with E-state index in [2.05, 4.69) is 35.1 Å². The lowest BCUT2D eigenvalue weighted by Gasteiger charge is -2.35. The highest BCUT2D eigenvalue weighted by molar-refractivity contribution is 5.84. The van der Waals surface area contributed by atoms with Crippen LogP contribution in [0.15, 0.2) is 79.1 Å². The third-order valence-electron chi connectivity index (χ3n) is 6.64. The molecule has 0 unspecified atom stereocenters. The lowest BCUT2D eigenvalue weighted by atomic mass is 10.1. The minimum Gasteiger partial charge on any atom is -0.422 e. The molecule has 1 aliphatic rings. The summed E-state index contributed by atoms with van der Waals surface area (Å²) in [6.45, 7) is 2.42. The number of pyridine rings is 2. The summed E-state index contributed by atoms with van der Waals surface area (Å²) in [6.07, 6.45) is -1.33. The van der Waals surface area contributed by atoms with E-state index in [-0.39, 0.29) is 17.6 Å². The molecule has 1 fully saturated rings. The molecule has 1 N–H and O–H groups in total. The number of nitrogens with zero attached hydrogens (tertiary/aromatic N) is 8. The summed E-state index contributed by atoms with van der Waals surface area (Å²) in [6, 6.07) is 19.7. The van der Waals surface area contributed by atoms with Gasteiger partial charge in [-0.05, 0) is 42.5 Å². The number of para-hydroxylation sites is 1. The molecule has 0 bridgehead atoms. The van der Waals surface area contributed by atoms with Crippen LogP contribution in [0.4, 0.5) is 36.6 Å². The Bertz CT molecular complexity index is 1760. The van der Waals surface area contributed by atoms with Crippen LogP contribution in [0.5, 0.6) is 11.8 Å². The van der Waals surface area contributed by atoms with Crippen molar-refractivity contribution in [3.63, 3.8) is 0 Å². The van der Waals surface area contributed by atoms with Crippen LogP contribution in [0.2, 0.25) is 0 Å². The zero-order valence-electron chi connectivity index (χ0n) is 22.0. The molecular weight excluding hydrogens is 547 g/mol. The number of nitriles is 1. The Morgan fingerprint density at radius 2 is 1.62 bits per heavy atom. The zero-order chi connectivity index (χ0) is 29.1. The number of aromatic nitrogens is 5. The standard InChI is InChI=1S/C29H22F3N9O/c30-29(31,32)22-17-21(10-9-20(22)18-33)36-26-37-27(41-15-13-40(14-16-41)24-8-1-2-11-34-24)39-28(38-26)42-23-7-3-5-19-6-4-12-35-25(19)23/h1-12,17H,13-16H2,(H,36,37,38,39). The van der Waals surface area contributed by atoms with Crippen LogP contribution in [0.25, 0.3) is 10.9 Å². The van der Waals surface area contributed by atoms with Crippen LogP contribution in [0.1, 0.15) is 11.1 Å². The van der Waals surface area contributed by atoms with E-state index in [1.807, 2.05) is 47.4 Å². The van der Waals surface area contributed by atoms with Gasteiger partial charge in [0.05, 0.1) is 17.2 Å². The lowest BCUT2D eigenvalue weighted by Crippen LogP contribution is -2.47. The number of benzene rings is 2. The summed E-state index contributed by atoms with van der Waals surface area (Å²) in [5.41, 5.74) is -0.894. The molecule has 13 heteroatoms. The number of anilines is 4. The molecule has 1 aliphatic heterocycles. The fraction of sp³-hybridized carbons (Fsp3) is 0.172. The normalized spacial score (nSPS) is 13.6. The van der Waals surface area contributed by atoms with Crippen molar-refractivity contribution in [2.45, 2.75) is 6.18 Å². The van der Waals surface area contributed by atoms with E-state index in [4.69, 9.17) is 10.00 Å². The number of fused-ring (bicyclic) bond motifs is 1. The minimum atomic E-state index is -4.71. The first-order chi connectivity index (χ1) is 20.4. The topological polar surface area (TPSA) is 116 Å². The van der Waals surface area contributed by atoms with Crippen molar-refractivity contribution in [3.05, 3.63) is 90.3 Å². The number of hydrogen-bond acceptors (Lipinski definition) is 10. The Hall–Kier alpha value is -5.51. The number of rotatable bonds is 6. The Morgan fingerprint density at radius 3 is 2.38 bits per heavy atom. The Kier molecular flexibility index (Phi) is 7.10. The number of alkyl halides is 3. The second-order valence-electron chi connectivity index (χ2n) is 9.33. The second kappa shape index (κ2) is 11.2. The van der Waals surface area contributed by atoms with Gasteiger partial charge in [-0.3, -0.25) is 4.98 Å². The molecule has 0 spiro atoms. The van der Waals surface area contributed by atoms with Gasteiger partial charge in [0.2, 0.25) is 11.9 Å². The third kappa shape index (κ3) is 5.68. The van der Waals surface area contributed by atoms with E-state index in [0.717, 1.165) is 23.3 Å². The van der Waals surface area contributed by atoms with E-state index in [1.54, 1.807) is 24.5 Å². The van der Waals surface area contributed by atoms with E-state index >= 15 is 0 Å². The summed E-state index contributed by atoms with van der Waals surface area (Å²) in [4.78, 5) is 26.3. The largest absolute Gasteiger partial charge is 0.422 e. The Labute approximate surface area is 238 Å². The van der Waals surface area contributed by atoms with Crippen LogP contribution in [-0.4, -0.2) is 51.1 Å². The van der Waals surface area contributed by atoms with E-state index < -0.39 is 17.3 Å². The predicted molar refractivity (Wildman–Crippen MR) is 150 cm³/mol. The summed E-state index contributed by atoms with van der Waals surface area (Å²) in [5.74, 6) is 1.55. The van der Waals surface area contributed by atoms with Gasteiger partial charge in [0.15, 0.2) is 5.75 Å². The highest BCUT2D eigenvalue weighted by Gasteiger charge is 2.34. The van der Waals surface area contributed by atoms with E-state index in [9.17, 15) is 13.2 Å². The molecule has 3 aromatic heterocycles. The predicted octanol–water partition coefficient (Wildman–Crippen LogP) is 5.57. The highest BCUT2D eigenvalue weighted by atomic mass is 19.4. The number of piperazine rings is 1. The van der Waals surface area contributed by atoms with E-state index in [0.29, 0.717) is 43.4 Å². The molecular formula is C29H22F3N9O. The molecule has 0 atom stereocenters. The summed E-state index contributed by atoms with van der Waals surface area (Å²) in [7, 11) is 0. The first-order valence-electron chi connectivity index (χ1n) is 12.9. The maximum Gasteiger partial charge on any atom is 0.417 e. The second-order valence-corrected chi connectivity index (χ2v) is 9.33. The SMILES string of the molecule is N#Cc1ccc(Nc2nc(Oc3cccc4cccnc34)nc(N3CCN(c4ccccn4)CC3)n2)cc1C(F)(F)F. The van der Waals surface area contributed by atoms with Gasteiger partial charge in [-0.25, -0.2) is 4.98 Å². The van der Waals surface area contributed by atoms with Gasteiger partial charge >= 0.3 is 12.2 Å². The van der Waals surface area contributed by atoms with Crippen molar-refractivity contribution in [2.24, 2.45) is 0 Å². The van der Waals surface area contributed by atoms with Gasteiger partial charge in [-0.2, -0.15) is 33.4 Å². The molecule has 210 valence electrons. The number of hydrogen-bond donors (Lipinski definition) is 1. The average molecular weight is 570 g/mol. The monoisotopic (exact) mass is 569 g/mol. The minimum absolute atomic E-state index is 0.0202. The van der Waals surface area contributed by atoms with Gasteiger partial charge in [0.1, 0.15) is 11.3 Å². The average Bonchev–Trinajstić information content (AvgIpc) is 3.01. The fourth-order valence-electron chi connectivity index (χ4n) is 4.61. The molecule has 4 heterocycles. The molecule has 0 radical (unpaired) electrons. The van der Waals surface area contributed by atoms with Crippen LogP contribution >= 0.6 is 0 Å². The van der Waals surface area contributed by atoms with Crippen LogP contribution in [-0.2, 0) is 6.18 Å². The molecule has 1 saturated heterocycles. The smallest absolute Gasteiger partial charge is 0.417 e. The first-order valence-corrected chi connectivity index (χ1v) is 12.9. The van der Waals surface area contributed by atoms with Gasteiger partial charge < -0.3 is 19.9 Å². The number of nitrogens with one attached hydrogen (secondary N) is 1. The number of ether oxygens (including phenoxy) is 1. The molecule has 10 nitrogen and oxygen atoms in total. The van der Waals surface area contributed by atoms with E-state index in [1.165, 1.54) is 6.07 Å². The maximum absolute atomic E-state index is 13.6. The molecule has 6 rings (SSSR count). The molecule has 0 amide bonds.